The van der Waals surface area contributed by atoms with Crippen molar-refractivity contribution in [3.63, 3.8) is 0 Å². The Hall–Kier alpha value is -1.49. The van der Waals surface area contributed by atoms with Crippen LogP contribution in [0.1, 0.15) is 11.1 Å². The molecule has 2 aromatic heterocycles. The van der Waals surface area contributed by atoms with E-state index in [1.807, 2.05) is 13.0 Å². The molecule has 0 amide bonds. The summed E-state index contributed by atoms with van der Waals surface area (Å²) in [4.78, 5) is 12.1. The highest BCUT2D eigenvalue weighted by molar-refractivity contribution is 9.10. The zero-order valence-corrected chi connectivity index (χ0v) is 10.4. The zero-order valence-electron chi connectivity index (χ0n) is 8.81. The van der Waals surface area contributed by atoms with Gasteiger partial charge in [0.15, 0.2) is 0 Å². The molecule has 82 valence electrons. The predicted molar refractivity (Wildman–Crippen MR) is 66.0 cm³/mol. The first kappa shape index (κ1) is 11.0. The molecule has 0 saturated carbocycles. The van der Waals surface area contributed by atoms with Gasteiger partial charge in [-0.25, -0.2) is 15.0 Å². The first-order chi connectivity index (χ1) is 7.75. The molecule has 0 aliphatic heterocycles. The van der Waals surface area contributed by atoms with Crippen molar-refractivity contribution in [2.45, 2.75) is 13.5 Å². The quantitative estimate of drug-likeness (QED) is 0.877. The minimum absolute atomic E-state index is 0.698. The largest absolute Gasteiger partial charge is 0.380 e. The Morgan fingerprint density at radius 3 is 2.69 bits per heavy atom. The van der Waals surface area contributed by atoms with Gasteiger partial charge in [0.05, 0.1) is 11.9 Å². The maximum Gasteiger partial charge on any atom is 0.115 e. The number of nitrogens with zero attached hydrogens (tertiary/aromatic N) is 3. The van der Waals surface area contributed by atoms with Crippen LogP contribution in [0.2, 0.25) is 0 Å². The summed E-state index contributed by atoms with van der Waals surface area (Å²) in [5.41, 5.74) is 3.14. The molecule has 0 aromatic carbocycles. The molecular formula is C11H11BrN4. The molecule has 0 bridgehead atoms. The molecule has 0 aliphatic rings. The van der Waals surface area contributed by atoms with Crippen molar-refractivity contribution in [1.29, 1.82) is 0 Å². The molecule has 0 unspecified atom stereocenters. The van der Waals surface area contributed by atoms with Gasteiger partial charge in [-0.1, -0.05) is 0 Å². The van der Waals surface area contributed by atoms with Gasteiger partial charge in [0, 0.05) is 24.5 Å². The molecule has 4 nitrogen and oxygen atoms in total. The molecule has 2 rings (SSSR count). The van der Waals surface area contributed by atoms with Gasteiger partial charge in [-0.2, -0.15) is 0 Å². The van der Waals surface area contributed by atoms with Crippen molar-refractivity contribution in [2.75, 3.05) is 5.32 Å². The molecule has 0 aliphatic carbocycles. The van der Waals surface area contributed by atoms with Crippen LogP contribution in [0.5, 0.6) is 0 Å². The molecule has 2 heterocycles. The summed E-state index contributed by atoms with van der Waals surface area (Å²) in [5.74, 6) is 0. The van der Waals surface area contributed by atoms with Crippen molar-refractivity contribution in [3.05, 3.63) is 46.7 Å². The Balaban J connectivity index is 2.03. The van der Waals surface area contributed by atoms with Gasteiger partial charge in [-0.3, -0.25) is 0 Å². The lowest BCUT2D eigenvalue weighted by atomic mass is 10.3. The molecule has 0 spiro atoms. The van der Waals surface area contributed by atoms with Gasteiger partial charge in [-0.15, -0.1) is 0 Å². The summed E-state index contributed by atoms with van der Waals surface area (Å²) in [6.45, 7) is 2.71. The Labute approximate surface area is 102 Å². The van der Waals surface area contributed by atoms with E-state index in [4.69, 9.17) is 0 Å². The van der Waals surface area contributed by atoms with Crippen molar-refractivity contribution in [2.24, 2.45) is 0 Å². The van der Waals surface area contributed by atoms with E-state index in [2.05, 4.69) is 36.2 Å². The summed E-state index contributed by atoms with van der Waals surface area (Å²) in [6, 6.07) is 2.04. The third-order valence-electron chi connectivity index (χ3n) is 2.13. The van der Waals surface area contributed by atoms with Crippen LogP contribution in [0.3, 0.4) is 0 Å². The van der Waals surface area contributed by atoms with Gasteiger partial charge >= 0.3 is 0 Å². The molecule has 16 heavy (non-hydrogen) atoms. The van der Waals surface area contributed by atoms with Gasteiger partial charge in [0.25, 0.3) is 0 Å². The molecular weight excluding hydrogens is 268 g/mol. The van der Waals surface area contributed by atoms with Gasteiger partial charge < -0.3 is 5.32 Å². The fraction of sp³-hybridized carbons (Fsp3) is 0.182. The van der Waals surface area contributed by atoms with Crippen LogP contribution in [0, 0.1) is 6.92 Å². The second-order valence-electron chi connectivity index (χ2n) is 3.43. The number of aryl methyl sites for hydroxylation is 1. The number of pyridine rings is 1. The number of hydrogen-bond acceptors (Lipinski definition) is 4. The lowest BCUT2D eigenvalue weighted by molar-refractivity contribution is 1.05. The van der Waals surface area contributed by atoms with Crippen LogP contribution in [0.4, 0.5) is 5.69 Å². The summed E-state index contributed by atoms with van der Waals surface area (Å²) in [5, 5.41) is 3.27. The Morgan fingerprint density at radius 1 is 1.25 bits per heavy atom. The van der Waals surface area contributed by atoms with E-state index in [9.17, 15) is 0 Å². The van der Waals surface area contributed by atoms with Crippen molar-refractivity contribution >= 4 is 21.6 Å². The summed E-state index contributed by atoms with van der Waals surface area (Å²) in [6.07, 6.45) is 6.90. The van der Waals surface area contributed by atoms with Gasteiger partial charge in [-0.05, 0) is 34.5 Å². The fourth-order valence-electron chi connectivity index (χ4n) is 1.28. The van der Waals surface area contributed by atoms with Crippen molar-refractivity contribution in [1.82, 2.24) is 15.0 Å². The van der Waals surface area contributed by atoms with Gasteiger partial charge in [0.1, 0.15) is 10.9 Å². The zero-order chi connectivity index (χ0) is 11.4. The van der Waals surface area contributed by atoms with Crippen LogP contribution >= 0.6 is 15.9 Å². The lowest BCUT2D eigenvalue weighted by Gasteiger charge is -2.06. The highest BCUT2D eigenvalue weighted by atomic mass is 79.9. The Morgan fingerprint density at radius 2 is 2.00 bits per heavy atom. The van der Waals surface area contributed by atoms with Crippen LogP contribution < -0.4 is 5.32 Å². The normalized spacial score (nSPS) is 10.1. The van der Waals surface area contributed by atoms with Crippen LogP contribution in [0.25, 0.3) is 0 Å². The van der Waals surface area contributed by atoms with E-state index in [1.54, 1.807) is 18.6 Å². The minimum atomic E-state index is 0.698. The Kier molecular flexibility index (Phi) is 3.46. The number of hydrogen-bond donors (Lipinski definition) is 1. The highest BCUT2D eigenvalue weighted by Crippen LogP contribution is 2.17. The first-order valence-corrected chi connectivity index (χ1v) is 5.65. The third-order valence-corrected chi connectivity index (χ3v) is 2.96. The molecule has 0 radical (unpaired) electrons. The van der Waals surface area contributed by atoms with E-state index < -0.39 is 0 Å². The predicted octanol–water partition coefficient (Wildman–Crippen LogP) is 2.55. The maximum absolute atomic E-state index is 4.21. The molecule has 0 fully saturated rings. The van der Waals surface area contributed by atoms with Gasteiger partial charge in [0.2, 0.25) is 0 Å². The third kappa shape index (κ3) is 2.76. The second-order valence-corrected chi connectivity index (χ2v) is 4.18. The smallest absolute Gasteiger partial charge is 0.115 e. The maximum atomic E-state index is 4.21. The average molecular weight is 279 g/mol. The number of rotatable bonds is 3. The number of halogens is 1. The van der Waals surface area contributed by atoms with Crippen LogP contribution in [-0.4, -0.2) is 15.0 Å². The highest BCUT2D eigenvalue weighted by Gasteiger charge is 1.98. The van der Waals surface area contributed by atoms with E-state index in [-0.39, 0.29) is 0 Å². The van der Waals surface area contributed by atoms with E-state index >= 15 is 0 Å². The fourth-order valence-corrected chi connectivity index (χ4v) is 1.50. The molecule has 5 heteroatoms. The number of aromatic nitrogens is 3. The van der Waals surface area contributed by atoms with Crippen LogP contribution in [0.15, 0.2) is 35.6 Å². The number of nitrogens with one attached hydrogen (secondary N) is 1. The minimum Gasteiger partial charge on any atom is -0.380 e. The summed E-state index contributed by atoms with van der Waals surface area (Å²) < 4.78 is 0.876. The average Bonchev–Trinajstić information content (AvgIpc) is 2.32. The lowest BCUT2D eigenvalue weighted by Crippen LogP contribution is -2.01. The van der Waals surface area contributed by atoms with Crippen LogP contribution in [-0.2, 0) is 6.54 Å². The summed E-state index contributed by atoms with van der Waals surface area (Å²) >= 11 is 3.37. The molecule has 1 N–H and O–H groups in total. The monoisotopic (exact) mass is 278 g/mol. The van der Waals surface area contributed by atoms with E-state index in [0.717, 1.165) is 21.4 Å². The standard InChI is InChI=1S/C11H11BrN4/c1-8-2-10(6-16-11(8)12)15-5-9-3-13-7-14-4-9/h2-4,6-7,15H,5H2,1H3. The summed E-state index contributed by atoms with van der Waals surface area (Å²) in [7, 11) is 0. The second kappa shape index (κ2) is 5.03. The SMILES string of the molecule is Cc1cc(NCc2cncnc2)cnc1Br. The van der Waals surface area contributed by atoms with Crippen molar-refractivity contribution < 1.29 is 0 Å². The topological polar surface area (TPSA) is 50.7 Å². The van der Waals surface area contributed by atoms with Crippen molar-refractivity contribution in [3.8, 4) is 0 Å². The van der Waals surface area contributed by atoms with E-state index in [1.165, 1.54) is 6.33 Å². The number of anilines is 1. The molecule has 0 atom stereocenters. The molecule has 2 aromatic rings. The van der Waals surface area contributed by atoms with E-state index in [0.29, 0.717) is 6.54 Å². The molecule has 0 saturated heterocycles. The first-order valence-electron chi connectivity index (χ1n) is 4.85. The Bertz CT molecular complexity index is 473.